The molecule has 2 unspecified atom stereocenters. The van der Waals surface area contributed by atoms with Crippen molar-refractivity contribution in [2.45, 2.75) is 31.2 Å². The molecule has 0 amide bonds. The van der Waals surface area contributed by atoms with E-state index in [1.54, 1.807) is 0 Å². The van der Waals surface area contributed by atoms with E-state index in [-0.39, 0.29) is 6.04 Å². The van der Waals surface area contributed by atoms with Crippen molar-refractivity contribution in [2.24, 2.45) is 9.98 Å². The van der Waals surface area contributed by atoms with Gasteiger partial charge in [-0.25, -0.2) is 0 Å². The number of rotatable bonds is 3. The maximum Gasteiger partial charge on any atom is 0.0702 e. The molecule has 0 saturated carbocycles. The Balaban J connectivity index is 1.61. The Morgan fingerprint density at radius 2 is 1.55 bits per heavy atom. The van der Waals surface area contributed by atoms with Gasteiger partial charge in [-0.05, 0) is 53.3 Å². The fourth-order valence-corrected chi connectivity index (χ4v) is 5.12. The maximum atomic E-state index is 5.09. The third-order valence-corrected chi connectivity index (χ3v) is 6.73. The molecule has 2 heterocycles. The second-order valence-electron chi connectivity index (χ2n) is 8.73. The van der Waals surface area contributed by atoms with Crippen molar-refractivity contribution in [3.63, 3.8) is 0 Å². The zero-order valence-electron chi connectivity index (χ0n) is 18.9. The number of nitrogens with zero attached hydrogens (tertiary/aromatic N) is 2. The van der Waals surface area contributed by atoms with E-state index in [1.807, 2.05) is 18.2 Å². The Morgan fingerprint density at radius 3 is 2.33 bits per heavy atom. The molecule has 2 heteroatoms. The van der Waals surface area contributed by atoms with E-state index >= 15 is 0 Å². The van der Waals surface area contributed by atoms with Crippen LogP contribution in [0, 0.1) is 0 Å². The molecule has 0 saturated heterocycles. The van der Waals surface area contributed by atoms with Crippen molar-refractivity contribution in [1.82, 2.24) is 0 Å². The number of hydrogen-bond donors (Lipinski definition) is 0. The molecule has 2 aliphatic heterocycles. The van der Waals surface area contributed by atoms with Gasteiger partial charge in [0, 0.05) is 29.2 Å². The van der Waals surface area contributed by atoms with Crippen molar-refractivity contribution < 1.29 is 0 Å². The predicted molar refractivity (Wildman–Crippen MR) is 140 cm³/mol. The molecule has 5 rings (SSSR count). The number of hydrogen-bond acceptors (Lipinski definition) is 2. The molecule has 0 fully saturated rings. The Morgan fingerprint density at radius 1 is 0.788 bits per heavy atom. The molecule has 2 nitrogen and oxygen atoms in total. The quantitative estimate of drug-likeness (QED) is 0.417. The lowest BCUT2D eigenvalue weighted by Crippen LogP contribution is -2.27. The predicted octanol–water partition coefficient (Wildman–Crippen LogP) is 7.32. The van der Waals surface area contributed by atoms with Crippen LogP contribution in [0.2, 0.25) is 0 Å². The Kier molecular flexibility index (Phi) is 5.75. The van der Waals surface area contributed by atoms with Crippen LogP contribution in [0.25, 0.3) is 11.1 Å². The minimum Gasteiger partial charge on any atom is -0.280 e. The lowest BCUT2D eigenvalue weighted by Gasteiger charge is -2.32. The lowest BCUT2D eigenvalue weighted by molar-refractivity contribution is 0.490. The van der Waals surface area contributed by atoms with Gasteiger partial charge < -0.3 is 0 Å². The topological polar surface area (TPSA) is 24.7 Å². The molecule has 3 aromatic rings. The minimum atomic E-state index is 0.111. The number of aliphatic imine (C=N–C) groups is 2. The first kappa shape index (κ1) is 21.1. The molecule has 3 aromatic carbocycles. The molecule has 33 heavy (non-hydrogen) atoms. The fourth-order valence-electron chi connectivity index (χ4n) is 5.12. The highest BCUT2D eigenvalue weighted by Crippen LogP contribution is 2.38. The van der Waals surface area contributed by atoms with E-state index in [2.05, 4.69) is 86.5 Å². The average molecular weight is 429 g/mol. The van der Waals surface area contributed by atoms with Gasteiger partial charge in [0.2, 0.25) is 0 Å². The largest absolute Gasteiger partial charge is 0.280 e. The van der Waals surface area contributed by atoms with Crippen LogP contribution in [-0.2, 0) is 6.42 Å². The summed E-state index contributed by atoms with van der Waals surface area (Å²) in [4.78, 5) is 10.0. The first-order valence-corrected chi connectivity index (χ1v) is 11.5. The number of allylic oxidation sites excluding steroid dienone is 2. The lowest BCUT2D eigenvalue weighted by atomic mass is 9.78. The summed E-state index contributed by atoms with van der Waals surface area (Å²) >= 11 is 0. The van der Waals surface area contributed by atoms with Crippen LogP contribution in [0.5, 0.6) is 0 Å². The summed E-state index contributed by atoms with van der Waals surface area (Å²) in [6, 6.07) is 25.9. The third kappa shape index (κ3) is 4.05. The van der Waals surface area contributed by atoms with Crippen molar-refractivity contribution in [1.29, 1.82) is 0 Å². The molecule has 0 bridgehead atoms. The van der Waals surface area contributed by atoms with E-state index in [4.69, 9.17) is 9.98 Å². The Hall–Kier alpha value is -3.78. The SMILES string of the molecule is C=CC1=NC2CC(=C)/N=C(/C=C)c3cc(-c4ccccc4)ccc3CCC2c2ccccc21. The van der Waals surface area contributed by atoms with E-state index in [0.29, 0.717) is 5.92 Å². The summed E-state index contributed by atoms with van der Waals surface area (Å²) in [5, 5.41) is 0. The van der Waals surface area contributed by atoms with Gasteiger partial charge in [-0.15, -0.1) is 0 Å². The van der Waals surface area contributed by atoms with Gasteiger partial charge in [-0.3, -0.25) is 9.98 Å². The average Bonchev–Trinajstić information content (AvgIpc) is 2.86. The van der Waals surface area contributed by atoms with E-state index in [0.717, 1.165) is 41.9 Å². The number of benzene rings is 3. The molecule has 0 N–H and O–H groups in total. The van der Waals surface area contributed by atoms with Gasteiger partial charge in [-0.2, -0.15) is 0 Å². The highest BCUT2D eigenvalue weighted by atomic mass is 14.9. The van der Waals surface area contributed by atoms with Crippen LogP contribution in [0.1, 0.15) is 41.0 Å². The molecule has 162 valence electrons. The summed E-state index contributed by atoms with van der Waals surface area (Å²) in [5.74, 6) is 0.323. The Bertz CT molecular complexity index is 1290. The first-order valence-electron chi connectivity index (χ1n) is 11.5. The second kappa shape index (κ2) is 8.99. The zero-order chi connectivity index (χ0) is 22.8. The van der Waals surface area contributed by atoms with Crippen molar-refractivity contribution in [3.05, 3.63) is 133 Å². The molecule has 0 aliphatic carbocycles. The molecule has 2 aliphatic rings. The normalized spacial score (nSPS) is 21.4. The fraction of sp³-hybridized carbons (Fsp3) is 0.161. The van der Waals surface area contributed by atoms with Crippen LogP contribution in [0.3, 0.4) is 0 Å². The summed E-state index contributed by atoms with van der Waals surface area (Å²) < 4.78 is 0. The molecule has 0 radical (unpaired) electrons. The van der Waals surface area contributed by atoms with Crippen LogP contribution >= 0.6 is 0 Å². The van der Waals surface area contributed by atoms with E-state index < -0.39 is 0 Å². The molecular formula is C31H28N2. The first-order chi connectivity index (χ1) is 16.2. The minimum absolute atomic E-state index is 0.111. The Labute approximate surface area is 196 Å². The summed E-state index contributed by atoms with van der Waals surface area (Å²) in [6.07, 6.45) is 6.42. The number of aryl methyl sites for hydroxylation is 1. The maximum absolute atomic E-state index is 5.09. The van der Waals surface area contributed by atoms with Crippen molar-refractivity contribution in [2.75, 3.05) is 0 Å². The van der Waals surface area contributed by atoms with Crippen LogP contribution in [-0.4, -0.2) is 17.5 Å². The summed E-state index contributed by atoms with van der Waals surface area (Å²) in [7, 11) is 0. The number of fused-ring (bicyclic) bond motifs is 4. The monoisotopic (exact) mass is 428 g/mol. The molecule has 0 spiro atoms. The second-order valence-corrected chi connectivity index (χ2v) is 8.73. The van der Waals surface area contributed by atoms with E-state index in [9.17, 15) is 0 Å². The van der Waals surface area contributed by atoms with Crippen LogP contribution in [0.15, 0.2) is 120 Å². The van der Waals surface area contributed by atoms with Crippen LogP contribution in [0.4, 0.5) is 0 Å². The van der Waals surface area contributed by atoms with Crippen molar-refractivity contribution >= 4 is 11.4 Å². The van der Waals surface area contributed by atoms with Crippen molar-refractivity contribution in [3.8, 4) is 11.1 Å². The van der Waals surface area contributed by atoms with E-state index in [1.165, 1.54) is 27.8 Å². The van der Waals surface area contributed by atoms with Gasteiger partial charge in [0.25, 0.3) is 0 Å². The van der Waals surface area contributed by atoms with Gasteiger partial charge >= 0.3 is 0 Å². The van der Waals surface area contributed by atoms with Gasteiger partial charge in [0.15, 0.2) is 0 Å². The smallest absolute Gasteiger partial charge is 0.0702 e. The van der Waals surface area contributed by atoms with Gasteiger partial charge in [0.05, 0.1) is 17.5 Å². The standard InChI is InChI=1S/C31H28N2/c1-4-29-26-14-10-9-13-25(26)27-18-17-23-15-16-24(22-11-7-6-8-12-22)20-28(23)30(5-2)32-21(3)19-31(27)33-29/h4-16,20,27,31H,1-3,17-19H2/b32-30-. The highest BCUT2D eigenvalue weighted by molar-refractivity contribution is 6.11. The highest BCUT2D eigenvalue weighted by Gasteiger charge is 2.31. The molecule has 0 aromatic heterocycles. The van der Waals surface area contributed by atoms with Gasteiger partial charge in [0.1, 0.15) is 0 Å². The van der Waals surface area contributed by atoms with Gasteiger partial charge in [-0.1, -0.05) is 86.5 Å². The molecule has 2 atom stereocenters. The summed E-state index contributed by atoms with van der Waals surface area (Å²) in [6.45, 7) is 12.4. The third-order valence-electron chi connectivity index (χ3n) is 6.73. The zero-order valence-corrected chi connectivity index (χ0v) is 18.9. The molecular weight excluding hydrogens is 400 g/mol. The summed E-state index contributed by atoms with van der Waals surface area (Å²) in [5.41, 5.74) is 10.1. The van der Waals surface area contributed by atoms with Crippen LogP contribution < -0.4 is 0 Å².